The van der Waals surface area contributed by atoms with Crippen LogP contribution in [0.15, 0.2) is 11.6 Å². The van der Waals surface area contributed by atoms with Crippen LogP contribution in [0.3, 0.4) is 0 Å². The summed E-state index contributed by atoms with van der Waals surface area (Å²) in [6.07, 6.45) is 2.20. The Kier molecular flexibility index (Phi) is 4.91. The highest BCUT2D eigenvalue weighted by molar-refractivity contribution is 7.99. The van der Waals surface area contributed by atoms with Crippen LogP contribution in [0.1, 0.15) is 48.5 Å². The molecule has 1 heterocycles. The SMILES string of the molecule is CC(C)=CC1C(C(=O)N2CSCC2C(=O)NC(C)(C)C)C1(C)C. The van der Waals surface area contributed by atoms with Crippen LogP contribution < -0.4 is 5.32 Å². The predicted octanol–water partition coefficient (Wildman–Crippen LogP) is 3.04. The van der Waals surface area contributed by atoms with Gasteiger partial charge in [-0.25, -0.2) is 0 Å². The van der Waals surface area contributed by atoms with Crippen LogP contribution in [0.2, 0.25) is 0 Å². The predicted molar refractivity (Wildman–Crippen MR) is 96.0 cm³/mol. The van der Waals surface area contributed by atoms with E-state index in [0.717, 1.165) is 0 Å². The zero-order chi connectivity index (χ0) is 17.6. The smallest absolute Gasteiger partial charge is 0.244 e. The lowest BCUT2D eigenvalue weighted by molar-refractivity contribution is -0.140. The Labute approximate surface area is 144 Å². The molecule has 2 aliphatic rings. The van der Waals surface area contributed by atoms with E-state index in [0.29, 0.717) is 11.6 Å². The highest BCUT2D eigenvalue weighted by atomic mass is 32.2. The van der Waals surface area contributed by atoms with Gasteiger partial charge in [-0.1, -0.05) is 25.5 Å². The van der Waals surface area contributed by atoms with Crippen molar-refractivity contribution >= 4 is 23.6 Å². The fourth-order valence-electron chi connectivity index (χ4n) is 3.33. The monoisotopic (exact) mass is 338 g/mol. The van der Waals surface area contributed by atoms with Crippen LogP contribution in [-0.4, -0.2) is 39.9 Å². The molecule has 1 saturated heterocycles. The van der Waals surface area contributed by atoms with Gasteiger partial charge in [0.15, 0.2) is 0 Å². The molecule has 0 aromatic rings. The largest absolute Gasteiger partial charge is 0.350 e. The summed E-state index contributed by atoms with van der Waals surface area (Å²) < 4.78 is 0. The lowest BCUT2D eigenvalue weighted by atomic mass is 10.1. The molecule has 3 atom stereocenters. The Balaban J connectivity index is 2.10. The number of nitrogens with zero attached hydrogens (tertiary/aromatic N) is 1. The molecule has 1 N–H and O–H groups in total. The number of carbonyl (C=O) groups excluding carboxylic acids is 2. The molecule has 2 amide bonds. The van der Waals surface area contributed by atoms with E-state index in [1.165, 1.54) is 5.57 Å². The van der Waals surface area contributed by atoms with Crippen LogP contribution in [0.4, 0.5) is 0 Å². The van der Waals surface area contributed by atoms with Crippen LogP contribution in [0.5, 0.6) is 0 Å². The number of amides is 2. The zero-order valence-electron chi connectivity index (χ0n) is 15.4. The fraction of sp³-hybridized carbons (Fsp3) is 0.778. The summed E-state index contributed by atoms with van der Waals surface area (Å²) >= 11 is 1.66. The number of hydrogen-bond donors (Lipinski definition) is 1. The minimum absolute atomic E-state index is 0.000960. The molecule has 3 unspecified atom stereocenters. The van der Waals surface area contributed by atoms with E-state index in [9.17, 15) is 9.59 Å². The number of nitrogens with one attached hydrogen (secondary N) is 1. The molecule has 4 nitrogen and oxygen atoms in total. The van der Waals surface area contributed by atoms with Crippen molar-refractivity contribution in [2.75, 3.05) is 11.6 Å². The minimum atomic E-state index is -0.338. The molecule has 1 saturated carbocycles. The van der Waals surface area contributed by atoms with Crippen molar-refractivity contribution in [1.82, 2.24) is 10.2 Å². The van der Waals surface area contributed by atoms with Gasteiger partial charge in [-0.2, -0.15) is 0 Å². The summed E-state index contributed by atoms with van der Waals surface area (Å²) in [5.41, 5.74) is 0.964. The maximum atomic E-state index is 13.0. The van der Waals surface area contributed by atoms with E-state index >= 15 is 0 Å². The number of thioether (sulfide) groups is 1. The van der Waals surface area contributed by atoms with Gasteiger partial charge in [0.25, 0.3) is 0 Å². The highest BCUT2D eigenvalue weighted by Gasteiger charge is 2.62. The van der Waals surface area contributed by atoms with Gasteiger partial charge in [-0.3, -0.25) is 9.59 Å². The average Bonchev–Trinajstić information content (AvgIpc) is 2.76. The molecule has 0 spiro atoms. The first kappa shape index (κ1) is 18.4. The van der Waals surface area contributed by atoms with E-state index in [1.54, 1.807) is 16.7 Å². The maximum absolute atomic E-state index is 13.0. The Morgan fingerprint density at radius 3 is 2.39 bits per heavy atom. The Hall–Kier alpha value is -0.970. The quantitative estimate of drug-likeness (QED) is 0.805. The lowest BCUT2D eigenvalue weighted by Gasteiger charge is -2.28. The summed E-state index contributed by atoms with van der Waals surface area (Å²) in [6, 6.07) is -0.338. The molecular weight excluding hydrogens is 308 g/mol. The van der Waals surface area contributed by atoms with Crippen LogP contribution >= 0.6 is 11.8 Å². The Morgan fingerprint density at radius 1 is 1.26 bits per heavy atom. The number of allylic oxidation sites excluding steroid dienone is 2. The summed E-state index contributed by atoms with van der Waals surface area (Å²) in [6.45, 7) is 14.3. The highest BCUT2D eigenvalue weighted by Crippen LogP contribution is 2.60. The summed E-state index contributed by atoms with van der Waals surface area (Å²) in [5, 5.41) is 3.01. The summed E-state index contributed by atoms with van der Waals surface area (Å²) in [4.78, 5) is 27.3. The Morgan fingerprint density at radius 2 is 1.87 bits per heavy atom. The van der Waals surface area contributed by atoms with Gasteiger partial charge < -0.3 is 10.2 Å². The van der Waals surface area contributed by atoms with Crippen molar-refractivity contribution in [2.24, 2.45) is 17.3 Å². The van der Waals surface area contributed by atoms with Gasteiger partial charge in [0.1, 0.15) is 6.04 Å². The first-order valence-corrected chi connectivity index (χ1v) is 9.46. The van der Waals surface area contributed by atoms with Gasteiger partial charge in [0.2, 0.25) is 11.8 Å². The van der Waals surface area contributed by atoms with Crippen LogP contribution in [-0.2, 0) is 9.59 Å². The van der Waals surface area contributed by atoms with Crippen molar-refractivity contribution in [3.63, 3.8) is 0 Å². The molecule has 5 heteroatoms. The molecule has 1 aliphatic heterocycles. The minimum Gasteiger partial charge on any atom is -0.350 e. The maximum Gasteiger partial charge on any atom is 0.244 e. The lowest BCUT2D eigenvalue weighted by Crippen LogP contribution is -2.52. The third-order valence-corrected chi connectivity index (χ3v) is 5.67. The third kappa shape index (κ3) is 3.93. The number of rotatable bonds is 3. The Bertz CT molecular complexity index is 530. The van der Waals surface area contributed by atoms with E-state index < -0.39 is 0 Å². The second-order valence-corrected chi connectivity index (χ2v) is 9.63. The van der Waals surface area contributed by atoms with Crippen molar-refractivity contribution in [3.05, 3.63) is 11.6 Å². The van der Waals surface area contributed by atoms with E-state index in [4.69, 9.17) is 0 Å². The fourth-order valence-corrected chi connectivity index (χ4v) is 4.49. The van der Waals surface area contributed by atoms with Crippen molar-refractivity contribution in [3.8, 4) is 0 Å². The summed E-state index contributed by atoms with van der Waals surface area (Å²) in [5.74, 6) is 1.70. The first-order chi connectivity index (χ1) is 10.4. The second-order valence-electron chi connectivity index (χ2n) is 8.63. The van der Waals surface area contributed by atoms with Crippen LogP contribution in [0, 0.1) is 17.3 Å². The van der Waals surface area contributed by atoms with E-state index in [2.05, 4.69) is 39.1 Å². The molecule has 0 aromatic carbocycles. The van der Waals surface area contributed by atoms with E-state index in [1.807, 2.05) is 20.8 Å². The van der Waals surface area contributed by atoms with Crippen molar-refractivity contribution in [1.29, 1.82) is 0 Å². The van der Waals surface area contributed by atoms with Gasteiger partial charge in [0.05, 0.1) is 11.8 Å². The molecule has 2 rings (SSSR count). The zero-order valence-corrected chi connectivity index (χ0v) is 16.2. The average molecular weight is 339 g/mol. The van der Waals surface area contributed by atoms with Crippen molar-refractivity contribution < 1.29 is 9.59 Å². The molecule has 2 fully saturated rings. The molecular formula is C18H30N2O2S. The molecule has 0 bridgehead atoms. The first-order valence-electron chi connectivity index (χ1n) is 8.30. The molecule has 23 heavy (non-hydrogen) atoms. The van der Waals surface area contributed by atoms with E-state index in [-0.39, 0.29) is 40.6 Å². The normalized spacial score (nSPS) is 29.2. The molecule has 0 radical (unpaired) electrons. The second kappa shape index (κ2) is 6.15. The number of hydrogen-bond acceptors (Lipinski definition) is 3. The van der Waals surface area contributed by atoms with Gasteiger partial charge in [0, 0.05) is 11.3 Å². The van der Waals surface area contributed by atoms with Gasteiger partial charge >= 0.3 is 0 Å². The van der Waals surface area contributed by atoms with Gasteiger partial charge in [-0.05, 0) is 46.0 Å². The molecule has 130 valence electrons. The molecule has 0 aromatic heterocycles. The van der Waals surface area contributed by atoms with Crippen molar-refractivity contribution in [2.45, 2.75) is 60.0 Å². The standard InChI is InChI=1S/C18H30N2O2S/c1-11(2)8-12-14(18(12,6)7)16(22)20-10-23-9-13(20)15(21)19-17(3,4)5/h8,12-14H,9-10H2,1-7H3,(H,19,21). The topological polar surface area (TPSA) is 49.4 Å². The summed E-state index contributed by atoms with van der Waals surface area (Å²) in [7, 11) is 0. The molecule has 1 aliphatic carbocycles. The number of carbonyl (C=O) groups is 2. The van der Waals surface area contributed by atoms with Gasteiger partial charge in [-0.15, -0.1) is 11.8 Å². The third-order valence-electron chi connectivity index (χ3n) is 4.66. The van der Waals surface area contributed by atoms with Crippen LogP contribution in [0.25, 0.3) is 0 Å².